The molecule has 2 aliphatic heterocycles. The van der Waals surface area contributed by atoms with Crippen LogP contribution < -0.4 is 10.1 Å². The summed E-state index contributed by atoms with van der Waals surface area (Å²) in [5.41, 5.74) is 2.86. The topological polar surface area (TPSA) is 80.2 Å². The minimum Gasteiger partial charge on any atom is -0.497 e. The van der Waals surface area contributed by atoms with Gasteiger partial charge in [0.1, 0.15) is 5.75 Å². The molecule has 0 saturated carbocycles. The Balaban J connectivity index is 1.97. The number of ether oxygens (including phenoxy) is 2. The van der Waals surface area contributed by atoms with E-state index in [1.165, 1.54) is 18.9 Å². The van der Waals surface area contributed by atoms with Gasteiger partial charge in [-0.2, -0.15) is 0 Å². The number of nitrogens with zero attached hydrogens (tertiary/aromatic N) is 2. The molecule has 172 valence electrons. The number of amidine groups is 1. The molecule has 3 rings (SSSR count). The predicted molar refractivity (Wildman–Crippen MR) is 127 cm³/mol. The summed E-state index contributed by atoms with van der Waals surface area (Å²) in [4.78, 5) is 32.2. The minimum absolute atomic E-state index is 0.0481. The predicted octanol–water partition coefficient (Wildman–Crippen LogP) is 4.39. The maximum Gasteiger partial charge on any atom is 0.338 e. The van der Waals surface area contributed by atoms with E-state index < -0.39 is 12.0 Å². The van der Waals surface area contributed by atoms with E-state index in [0.29, 0.717) is 35.9 Å². The molecule has 0 fully saturated rings. The second-order valence-corrected chi connectivity index (χ2v) is 8.92. The van der Waals surface area contributed by atoms with Crippen LogP contribution in [0.3, 0.4) is 0 Å². The molecule has 2 heterocycles. The standard InChI is InChI=1S/C24H31N3O4S/c1-6-19-21(23(29)31-5)22(16-8-7-9-18(12-16)30-4)27-17(14-32-24(27)26-19)13-20(28)25-11-10-15(2)3/h7-9,12,14-15,22H,6,10-11,13H2,1-5H3,(H,25,28). The van der Waals surface area contributed by atoms with Gasteiger partial charge in [0, 0.05) is 12.2 Å². The van der Waals surface area contributed by atoms with Crippen LogP contribution in [-0.2, 0) is 14.3 Å². The summed E-state index contributed by atoms with van der Waals surface area (Å²) in [5, 5.41) is 5.70. The molecule has 0 saturated heterocycles. The van der Waals surface area contributed by atoms with Crippen LogP contribution in [-0.4, -0.2) is 42.7 Å². The van der Waals surface area contributed by atoms with Gasteiger partial charge in [-0.05, 0) is 41.9 Å². The number of benzene rings is 1. The van der Waals surface area contributed by atoms with Gasteiger partial charge in [0.15, 0.2) is 5.17 Å². The molecule has 8 heteroatoms. The van der Waals surface area contributed by atoms with Crippen LogP contribution in [0.2, 0.25) is 0 Å². The SMILES string of the molecule is CCC1=C(C(=O)OC)C(c2cccc(OC)c2)N2C(CC(=O)NCCC(C)C)=CSC2=N1. The Hall–Kier alpha value is -2.74. The Morgan fingerprint density at radius 3 is 2.72 bits per heavy atom. The molecule has 0 aliphatic carbocycles. The average molecular weight is 458 g/mol. The Kier molecular flexibility index (Phi) is 8.01. The molecule has 1 amide bonds. The summed E-state index contributed by atoms with van der Waals surface area (Å²) < 4.78 is 10.6. The van der Waals surface area contributed by atoms with E-state index in [1.807, 2.05) is 41.5 Å². The van der Waals surface area contributed by atoms with E-state index in [2.05, 4.69) is 19.2 Å². The molecule has 32 heavy (non-hydrogen) atoms. The highest BCUT2D eigenvalue weighted by Gasteiger charge is 2.41. The number of esters is 1. The monoisotopic (exact) mass is 457 g/mol. The van der Waals surface area contributed by atoms with Gasteiger partial charge in [-0.15, -0.1) is 0 Å². The van der Waals surface area contributed by atoms with Gasteiger partial charge >= 0.3 is 5.97 Å². The number of aliphatic imine (C=N–C) groups is 1. The summed E-state index contributed by atoms with van der Waals surface area (Å²) in [6, 6.07) is 7.17. The highest BCUT2D eigenvalue weighted by molar-refractivity contribution is 8.16. The van der Waals surface area contributed by atoms with Crippen molar-refractivity contribution in [3.8, 4) is 5.75 Å². The lowest BCUT2D eigenvalue weighted by molar-refractivity contribution is -0.136. The lowest BCUT2D eigenvalue weighted by atomic mass is 9.92. The van der Waals surface area contributed by atoms with E-state index in [4.69, 9.17) is 14.5 Å². The van der Waals surface area contributed by atoms with Crippen molar-refractivity contribution in [2.75, 3.05) is 20.8 Å². The van der Waals surface area contributed by atoms with Crippen molar-refractivity contribution in [1.29, 1.82) is 0 Å². The van der Waals surface area contributed by atoms with Crippen LogP contribution in [0.25, 0.3) is 0 Å². The average Bonchev–Trinajstić information content (AvgIpc) is 3.19. The van der Waals surface area contributed by atoms with Crippen molar-refractivity contribution in [2.45, 2.75) is 46.1 Å². The first-order valence-electron chi connectivity index (χ1n) is 10.8. The highest BCUT2D eigenvalue weighted by Crippen LogP contribution is 2.45. The number of thioether (sulfide) groups is 1. The molecule has 1 N–H and O–H groups in total. The van der Waals surface area contributed by atoms with Gasteiger partial charge in [0.05, 0.1) is 38.0 Å². The number of allylic oxidation sites excluding steroid dienone is 1. The van der Waals surface area contributed by atoms with Gasteiger partial charge in [-0.1, -0.05) is 44.7 Å². The fourth-order valence-corrected chi connectivity index (χ4v) is 4.70. The number of rotatable bonds is 9. The third kappa shape index (κ3) is 5.18. The number of methoxy groups -OCH3 is 2. The fraction of sp³-hybridized carbons (Fsp3) is 0.458. The lowest BCUT2D eigenvalue weighted by Crippen LogP contribution is -2.38. The maximum absolute atomic E-state index is 12.9. The van der Waals surface area contributed by atoms with Crippen LogP contribution in [0.15, 0.2) is 51.6 Å². The van der Waals surface area contributed by atoms with Crippen molar-refractivity contribution in [3.63, 3.8) is 0 Å². The van der Waals surface area contributed by atoms with Gasteiger partial charge < -0.3 is 19.7 Å². The van der Waals surface area contributed by atoms with Crippen molar-refractivity contribution in [3.05, 3.63) is 52.2 Å². The number of hydrogen-bond donors (Lipinski definition) is 1. The van der Waals surface area contributed by atoms with E-state index in [1.54, 1.807) is 7.11 Å². The number of nitrogens with one attached hydrogen (secondary N) is 1. The molecule has 1 unspecified atom stereocenters. The van der Waals surface area contributed by atoms with Crippen molar-refractivity contribution < 1.29 is 19.1 Å². The Bertz CT molecular complexity index is 968. The van der Waals surface area contributed by atoms with Crippen LogP contribution in [0.5, 0.6) is 5.75 Å². The number of amides is 1. The third-order valence-corrected chi connectivity index (χ3v) is 6.31. The second-order valence-electron chi connectivity index (χ2n) is 8.09. The first-order valence-corrected chi connectivity index (χ1v) is 11.7. The van der Waals surface area contributed by atoms with E-state index in [0.717, 1.165) is 22.8 Å². The van der Waals surface area contributed by atoms with Crippen LogP contribution in [0.4, 0.5) is 0 Å². The molecule has 0 radical (unpaired) electrons. The molecule has 2 aliphatic rings. The van der Waals surface area contributed by atoms with Crippen molar-refractivity contribution >= 4 is 28.8 Å². The molecule has 0 spiro atoms. The third-order valence-electron chi connectivity index (χ3n) is 5.42. The summed E-state index contributed by atoms with van der Waals surface area (Å²) in [5.74, 6) is 0.746. The molecule has 0 bridgehead atoms. The molecule has 1 aromatic carbocycles. The summed E-state index contributed by atoms with van der Waals surface area (Å²) in [6.45, 7) is 6.87. The van der Waals surface area contributed by atoms with Crippen molar-refractivity contribution in [2.24, 2.45) is 10.9 Å². The van der Waals surface area contributed by atoms with Crippen LogP contribution >= 0.6 is 11.8 Å². The maximum atomic E-state index is 12.9. The largest absolute Gasteiger partial charge is 0.497 e. The highest BCUT2D eigenvalue weighted by atomic mass is 32.2. The lowest BCUT2D eigenvalue weighted by Gasteiger charge is -2.36. The molecule has 1 aromatic rings. The zero-order chi connectivity index (χ0) is 23.3. The Morgan fingerprint density at radius 2 is 2.06 bits per heavy atom. The molecular weight excluding hydrogens is 426 g/mol. The van der Waals surface area contributed by atoms with E-state index in [9.17, 15) is 9.59 Å². The minimum atomic E-state index is -0.454. The Labute approximate surface area is 193 Å². The normalized spacial score (nSPS) is 17.7. The van der Waals surface area contributed by atoms with Crippen LogP contribution in [0, 0.1) is 5.92 Å². The number of hydrogen-bond acceptors (Lipinski definition) is 7. The zero-order valence-corrected chi connectivity index (χ0v) is 20.1. The van der Waals surface area contributed by atoms with Gasteiger partial charge in [-0.3, -0.25) is 4.79 Å². The van der Waals surface area contributed by atoms with Gasteiger partial charge in [0.25, 0.3) is 0 Å². The Morgan fingerprint density at radius 1 is 1.28 bits per heavy atom. The first-order chi connectivity index (χ1) is 15.4. The second kappa shape index (κ2) is 10.7. The number of carbonyl (C=O) groups is 2. The van der Waals surface area contributed by atoms with E-state index >= 15 is 0 Å². The zero-order valence-electron chi connectivity index (χ0n) is 19.3. The summed E-state index contributed by atoms with van der Waals surface area (Å²) >= 11 is 1.47. The quantitative estimate of drug-likeness (QED) is 0.554. The fourth-order valence-electron chi connectivity index (χ4n) is 3.77. The first kappa shape index (κ1) is 23.9. The molecular formula is C24H31N3O4S. The van der Waals surface area contributed by atoms with Gasteiger partial charge in [-0.25, -0.2) is 9.79 Å². The van der Waals surface area contributed by atoms with Crippen LogP contribution in [0.1, 0.15) is 51.6 Å². The summed E-state index contributed by atoms with van der Waals surface area (Å²) in [6.07, 6.45) is 1.73. The molecule has 7 nitrogen and oxygen atoms in total. The van der Waals surface area contributed by atoms with Gasteiger partial charge in [0.2, 0.25) is 5.91 Å². The van der Waals surface area contributed by atoms with E-state index in [-0.39, 0.29) is 12.3 Å². The number of fused-ring (bicyclic) bond motifs is 1. The molecule has 0 aromatic heterocycles. The summed E-state index contributed by atoms with van der Waals surface area (Å²) in [7, 11) is 2.99. The van der Waals surface area contributed by atoms with Crippen molar-refractivity contribution in [1.82, 2.24) is 10.2 Å². The smallest absolute Gasteiger partial charge is 0.338 e. The molecule has 1 atom stereocenters. The number of carbonyl (C=O) groups excluding carboxylic acids is 2.